The van der Waals surface area contributed by atoms with Crippen LogP contribution in [0.1, 0.15) is 19.0 Å². The highest BCUT2D eigenvalue weighted by atomic mass is 19.4. The van der Waals surface area contributed by atoms with E-state index in [1.807, 2.05) is 0 Å². The van der Waals surface area contributed by atoms with E-state index in [1.165, 1.54) is 37.1 Å². The highest BCUT2D eigenvalue weighted by Crippen LogP contribution is 2.45. The van der Waals surface area contributed by atoms with E-state index in [1.54, 1.807) is 12.1 Å². The van der Waals surface area contributed by atoms with E-state index in [9.17, 15) is 36.2 Å². The maximum atomic E-state index is 12.9. The van der Waals surface area contributed by atoms with Crippen LogP contribution in [0.4, 0.5) is 32.0 Å². The van der Waals surface area contributed by atoms with Gasteiger partial charge in [0.1, 0.15) is 0 Å². The average molecular weight is 410 g/mol. The van der Waals surface area contributed by atoms with Gasteiger partial charge in [-0.25, -0.2) is 4.68 Å². The first-order valence-corrected chi connectivity index (χ1v) is 7.94. The summed E-state index contributed by atoms with van der Waals surface area (Å²) in [6.45, 7) is 2.58. The molecule has 0 saturated heterocycles. The number of aryl methyl sites for hydroxylation is 1. The summed E-state index contributed by atoms with van der Waals surface area (Å²) in [5, 5.41) is 13.4. The zero-order valence-electron chi connectivity index (χ0n) is 14.7. The molecule has 0 aliphatic carbocycles. The number of carbonyl (C=O) groups excluding carboxylic acids is 1. The van der Waals surface area contributed by atoms with Gasteiger partial charge in [0.25, 0.3) is 5.60 Å². The number of nitrogens with zero attached hydrogens (tertiary/aromatic N) is 4. The van der Waals surface area contributed by atoms with Crippen LogP contribution < -0.4 is 4.90 Å². The number of amides is 1. The highest BCUT2D eigenvalue weighted by molar-refractivity contribution is 5.94. The lowest BCUT2D eigenvalue weighted by Crippen LogP contribution is -2.59. The van der Waals surface area contributed by atoms with Crippen LogP contribution in [0.3, 0.4) is 0 Å². The molecule has 28 heavy (non-hydrogen) atoms. The first-order valence-electron chi connectivity index (χ1n) is 7.94. The molecule has 6 nitrogen and oxygen atoms in total. The van der Waals surface area contributed by atoms with Crippen LogP contribution in [0, 0.1) is 6.92 Å². The van der Waals surface area contributed by atoms with Crippen LogP contribution in [-0.4, -0.2) is 50.3 Å². The van der Waals surface area contributed by atoms with Crippen molar-refractivity contribution in [1.29, 1.82) is 0 Å². The third kappa shape index (κ3) is 3.96. The van der Waals surface area contributed by atoms with Crippen LogP contribution in [0.2, 0.25) is 0 Å². The van der Waals surface area contributed by atoms with E-state index in [0.29, 0.717) is 10.6 Å². The second kappa shape index (κ2) is 7.41. The minimum absolute atomic E-state index is 0.0167. The lowest BCUT2D eigenvalue weighted by Gasteiger charge is -2.33. The molecular formula is C16H16F6N4O2. The summed E-state index contributed by atoms with van der Waals surface area (Å²) in [5.41, 5.74) is -4.47. The van der Waals surface area contributed by atoms with Crippen molar-refractivity contribution in [3.8, 4) is 5.69 Å². The van der Waals surface area contributed by atoms with Gasteiger partial charge in [-0.05, 0) is 26.0 Å². The number of hydrogen-bond donors (Lipinski definition) is 1. The minimum atomic E-state index is -6.07. The van der Waals surface area contributed by atoms with Gasteiger partial charge in [0.15, 0.2) is 0 Å². The number of anilines is 1. The summed E-state index contributed by atoms with van der Waals surface area (Å²) >= 11 is 0. The van der Waals surface area contributed by atoms with Gasteiger partial charge in [0.05, 0.1) is 35.9 Å². The fourth-order valence-corrected chi connectivity index (χ4v) is 2.49. The van der Waals surface area contributed by atoms with Crippen molar-refractivity contribution >= 4 is 11.6 Å². The standard InChI is InChI=1S/C16H16F6N4O2/c1-3-25(13(27)7-14(28,15(17,18)19)16(20,21)22)12-9-26(24-10(12)2)11-5-4-6-23-8-11/h4-6,8-9,28H,3,7H2,1-2H3. The Bertz CT molecular complexity index is 818. The molecule has 0 atom stereocenters. The summed E-state index contributed by atoms with van der Waals surface area (Å²) in [5.74, 6) is -1.55. The minimum Gasteiger partial charge on any atom is -0.373 e. The summed E-state index contributed by atoms with van der Waals surface area (Å²) in [4.78, 5) is 16.9. The van der Waals surface area contributed by atoms with Gasteiger partial charge in [0.2, 0.25) is 5.91 Å². The molecule has 0 fully saturated rings. The molecule has 2 heterocycles. The van der Waals surface area contributed by atoms with Crippen molar-refractivity contribution in [3.05, 3.63) is 36.4 Å². The molecular weight excluding hydrogens is 394 g/mol. The van der Waals surface area contributed by atoms with Crippen molar-refractivity contribution in [3.63, 3.8) is 0 Å². The molecule has 0 radical (unpaired) electrons. The number of hydrogen-bond acceptors (Lipinski definition) is 4. The Morgan fingerprint density at radius 2 is 1.82 bits per heavy atom. The normalized spacial score (nSPS) is 12.9. The van der Waals surface area contributed by atoms with Crippen molar-refractivity contribution in [2.75, 3.05) is 11.4 Å². The first kappa shape index (κ1) is 21.7. The maximum Gasteiger partial charge on any atom is 0.426 e. The van der Waals surface area contributed by atoms with Crippen LogP contribution in [0.25, 0.3) is 5.69 Å². The largest absolute Gasteiger partial charge is 0.426 e. The molecule has 0 aliphatic heterocycles. The van der Waals surface area contributed by atoms with Gasteiger partial charge in [0, 0.05) is 12.7 Å². The SMILES string of the molecule is CCN(C(=O)CC(O)(C(F)(F)F)C(F)(F)F)c1cn(-c2cccnc2)nc1C. The number of rotatable bonds is 5. The molecule has 1 amide bonds. The Labute approximate surface area is 155 Å². The van der Waals surface area contributed by atoms with Gasteiger partial charge >= 0.3 is 12.4 Å². The summed E-state index contributed by atoms with van der Waals surface area (Å²) in [7, 11) is 0. The Balaban J connectivity index is 2.38. The summed E-state index contributed by atoms with van der Waals surface area (Å²) in [6, 6.07) is 3.22. The van der Waals surface area contributed by atoms with Gasteiger partial charge in [-0.1, -0.05) is 0 Å². The molecule has 2 aromatic heterocycles. The Hall–Kier alpha value is -2.63. The summed E-state index contributed by atoms with van der Waals surface area (Å²) in [6.07, 6.45) is -10.1. The quantitative estimate of drug-likeness (QED) is 0.769. The van der Waals surface area contributed by atoms with Crippen LogP contribution in [-0.2, 0) is 4.79 Å². The van der Waals surface area contributed by atoms with E-state index < -0.39 is 30.3 Å². The predicted molar refractivity (Wildman–Crippen MR) is 85.8 cm³/mol. The molecule has 0 saturated carbocycles. The molecule has 0 aliphatic rings. The predicted octanol–water partition coefficient (Wildman–Crippen LogP) is 3.17. The van der Waals surface area contributed by atoms with Gasteiger partial charge in [-0.2, -0.15) is 31.4 Å². The lowest BCUT2D eigenvalue weighted by molar-refractivity contribution is -0.366. The van der Waals surface area contributed by atoms with E-state index in [0.717, 1.165) is 0 Å². The number of aromatic nitrogens is 3. The molecule has 2 rings (SSSR count). The molecule has 2 aromatic rings. The molecule has 12 heteroatoms. The van der Waals surface area contributed by atoms with Crippen molar-refractivity contribution < 1.29 is 36.2 Å². The molecule has 0 bridgehead atoms. The van der Waals surface area contributed by atoms with Crippen molar-refractivity contribution in [2.45, 2.75) is 38.2 Å². The second-order valence-corrected chi connectivity index (χ2v) is 5.93. The number of alkyl halides is 6. The Kier molecular flexibility index (Phi) is 5.74. The summed E-state index contributed by atoms with van der Waals surface area (Å²) < 4.78 is 78.5. The van der Waals surface area contributed by atoms with Gasteiger partial charge < -0.3 is 10.0 Å². The van der Waals surface area contributed by atoms with Crippen molar-refractivity contribution in [1.82, 2.24) is 14.8 Å². The van der Waals surface area contributed by atoms with Gasteiger partial charge in [-0.3, -0.25) is 9.78 Å². The monoisotopic (exact) mass is 410 g/mol. The number of pyridine rings is 1. The third-order valence-corrected chi connectivity index (χ3v) is 4.04. The zero-order valence-corrected chi connectivity index (χ0v) is 14.7. The lowest BCUT2D eigenvalue weighted by atomic mass is 9.97. The fourth-order valence-electron chi connectivity index (χ4n) is 2.49. The topological polar surface area (TPSA) is 71.2 Å². The average Bonchev–Trinajstić information content (AvgIpc) is 2.96. The molecule has 1 N–H and O–H groups in total. The maximum absolute atomic E-state index is 12.9. The smallest absolute Gasteiger partial charge is 0.373 e. The van der Waals surface area contributed by atoms with Crippen LogP contribution in [0.15, 0.2) is 30.7 Å². The van der Waals surface area contributed by atoms with Crippen molar-refractivity contribution in [2.24, 2.45) is 0 Å². The van der Waals surface area contributed by atoms with E-state index >= 15 is 0 Å². The molecule has 0 spiro atoms. The molecule has 0 unspecified atom stereocenters. The van der Waals surface area contributed by atoms with Crippen LogP contribution in [0.5, 0.6) is 0 Å². The molecule has 0 aromatic carbocycles. The second-order valence-electron chi connectivity index (χ2n) is 5.93. The van der Waals surface area contributed by atoms with Gasteiger partial charge in [-0.15, -0.1) is 0 Å². The number of carbonyl (C=O) groups is 1. The fraction of sp³-hybridized carbons (Fsp3) is 0.438. The van der Waals surface area contributed by atoms with E-state index in [4.69, 9.17) is 0 Å². The number of aliphatic hydroxyl groups is 1. The molecule has 154 valence electrons. The third-order valence-electron chi connectivity index (χ3n) is 4.04. The van der Waals surface area contributed by atoms with E-state index in [2.05, 4.69) is 10.1 Å². The highest BCUT2D eigenvalue weighted by Gasteiger charge is 2.71. The Morgan fingerprint density at radius 1 is 1.21 bits per heavy atom. The first-order chi connectivity index (χ1) is 12.8. The zero-order chi connectivity index (χ0) is 21.3. The van der Waals surface area contributed by atoms with Crippen LogP contribution >= 0.6 is 0 Å². The number of halogens is 6. The Morgan fingerprint density at radius 3 is 2.29 bits per heavy atom. The van der Waals surface area contributed by atoms with E-state index in [-0.39, 0.29) is 17.9 Å².